The molecular weight excluding hydrogens is 324 g/mol. The molecule has 1 aromatic rings. The molecule has 0 aromatic heterocycles. The molecule has 0 spiro atoms. The lowest BCUT2D eigenvalue weighted by atomic mass is 10.1. The van der Waals surface area contributed by atoms with Gasteiger partial charge in [-0.2, -0.15) is 0 Å². The third kappa shape index (κ3) is 9.07. The maximum absolute atomic E-state index is 10.4. The quantitative estimate of drug-likeness (QED) is 0.441. The fraction of sp³-hybridized carbons (Fsp3) is 0.200. The van der Waals surface area contributed by atoms with Crippen LogP contribution in [-0.4, -0.2) is 57.0 Å². The lowest BCUT2D eigenvalue weighted by Gasteiger charge is -1.95. The molecule has 24 heavy (non-hydrogen) atoms. The minimum absolute atomic E-state index is 0.0186. The number of benzene rings is 1. The van der Waals surface area contributed by atoms with E-state index in [9.17, 15) is 19.2 Å². The number of rotatable bonds is 3. The minimum Gasteiger partial charge on any atom is -0.478 e. The lowest BCUT2D eigenvalue weighted by molar-refractivity contribution is -0.150. The van der Waals surface area contributed by atoms with Crippen molar-refractivity contribution in [2.24, 2.45) is 0 Å². The van der Waals surface area contributed by atoms with Gasteiger partial charge < -0.3 is 25.2 Å². The molecule has 0 radical (unpaired) electrons. The molecule has 1 aliphatic heterocycles. The van der Waals surface area contributed by atoms with Crippen LogP contribution >= 0.6 is 0 Å². The lowest BCUT2D eigenvalue weighted by Crippen LogP contribution is -2.03. The van der Waals surface area contributed by atoms with E-state index in [1.165, 1.54) is 25.1 Å². The van der Waals surface area contributed by atoms with E-state index in [1.807, 2.05) is 0 Å². The molecule has 0 saturated carbocycles. The first-order chi connectivity index (χ1) is 11.2. The van der Waals surface area contributed by atoms with E-state index in [2.05, 4.69) is 4.74 Å². The zero-order valence-corrected chi connectivity index (χ0v) is 12.6. The summed E-state index contributed by atoms with van der Waals surface area (Å²) in [6.45, 7) is 1.39. The number of carboxylic acids is 2. The van der Waals surface area contributed by atoms with Crippen molar-refractivity contribution < 1.29 is 44.3 Å². The number of carbonyl (C=O) groups is 4. The summed E-state index contributed by atoms with van der Waals surface area (Å²) in [7, 11) is 0. The van der Waals surface area contributed by atoms with Crippen LogP contribution in [-0.2, 0) is 14.3 Å². The molecule has 0 fully saturated rings. The van der Waals surface area contributed by atoms with Crippen molar-refractivity contribution in [3.05, 3.63) is 47.5 Å². The predicted molar refractivity (Wildman–Crippen MR) is 79.4 cm³/mol. The van der Waals surface area contributed by atoms with Crippen LogP contribution in [0, 0.1) is 0 Å². The number of carbonyl (C=O) groups excluding carboxylic acids is 2. The van der Waals surface area contributed by atoms with Crippen LogP contribution < -0.4 is 0 Å². The second-order valence-electron chi connectivity index (χ2n) is 4.30. The Kier molecular flexibility index (Phi) is 9.30. The van der Waals surface area contributed by atoms with Gasteiger partial charge >= 0.3 is 23.9 Å². The summed E-state index contributed by atoms with van der Waals surface area (Å²) < 4.78 is 3.97. The van der Waals surface area contributed by atoms with Crippen LogP contribution in [0.25, 0.3) is 0 Å². The summed E-state index contributed by atoms with van der Waals surface area (Å²) in [5.74, 6) is -3.41. The number of carboxylic acid groups (broad SMARTS) is 2. The topological polar surface area (TPSA) is 158 Å². The first-order valence-electron chi connectivity index (χ1n) is 6.46. The van der Waals surface area contributed by atoms with Crippen molar-refractivity contribution in [2.45, 2.75) is 13.0 Å². The number of hydrogen-bond acceptors (Lipinski definition) is 7. The Labute approximate surface area is 136 Å². The molecule has 2 rings (SSSR count). The highest BCUT2D eigenvalue weighted by molar-refractivity contribution is 6.04. The molecule has 1 atom stereocenters. The minimum atomic E-state index is -1.13. The monoisotopic (exact) mass is 340 g/mol. The number of cyclic esters (lactones) is 2. The van der Waals surface area contributed by atoms with Crippen LogP contribution in [0.4, 0.5) is 0 Å². The Morgan fingerprint density at radius 3 is 1.62 bits per heavy atom. The first kappa shape index (κ1) is 21.0. The molecule has 0 aliphatic carbocycles. The van der Waals surface area contributed by atoms with Crippen molar-refractivity contribution in [1.82, 2.24) is 0 Å². The Hall–Kier alpha value is -3.04. The van der Waals surface area contributed by atoms with Gasteiger partial charge in [0.05, 0.1) is 23.8 Å². The molecule has 1 aliphatic rings. The fourth-order valence-corrected chi connectivity index (χ4v) is 1.09. The molecule has 0 saturated heterocycles. The van der Waals surface area contributed by atoms with Crippen LogP contribution in [0.5, 0.6) is 0 Å². The van der Waals surface area contributed by atoms with Crippen molar-refractivity contribution >= 4 is 23.9 Å². The third-order valence-electron chi connectivity index (χ3n) is 2.18. The molecule has 4 N–H and O–H groups in total. The number of aromatic carboxylic acids is 2. The van der Waals surface area contributed by atoms with Gasteiger partial charge in [-0.3, -0.25) is 0 Å². The van der Waals surface area contributed by atoms with Crippen LogP contribution in [0.2, 0.25) is 0 Å². The zero-order valence-electron chi connectivity index (χ0n) is 12.6. The molecule has 9 heteroatoms. The predicted octanol–water partition coefficient (Wildman–Crippen LogP) is 0.0685. The van der Waals surface area contributed by atoms with Crippen molar-refractivity contribution in [2.75, 3.05) is 6.61 Å². The smallest absolute Gasteiger partial charge is 0.338 e. The highest BCUT2D eigenvalue weighted by atomic mass is 16.6. The van der Waals surface area contributed by atoms with E-state index < -0.39 is 30.0 Å². The van der Waals surface area contributed by atoms with E-state index >= 15 is 0 Å². The number of esters is 2. The molecule has 1 heterocycles. The maximum Gasteiger partial charge on any atom is 0.338 e. The van der Waals surface area contributed by atoms with Crippen molar-refractivity contribution in [1.29, 1.82) is 0 Å². The highest BCUT2D eigenvalue weighted by Crippen LogP contribution is 2.04. The third-order valence-corrected chi connectivity index (χ3v) is 2.18. The van der Waals surface area contributed by atoms with Crippen LogP contribution in [0.1, 0.15) is 27.6 Å². The van der Waals surface area contributed by atoms with E-state index in [1.54, 1.807) is 0 Å². The summed E-state index contributed by atoms with van der Waals surface area (Å²) in [4.78, 5) is 40.6. The summed E-state index contributed by atoms with van der Waals surface area (Å²) in [5, 5.41) is 33.0. The molecule has 1 unspecified atom stereocenters. The van der Waals surface area contributed by atoms with Crippen molar-refractivity contribution in [3.8, 4) is 0 Å². The normalized spacial score (nSPS) is 13.0. The van der Waals surface area contributed by atoms with E-state index in [4.69, 9.17) is 20.4 Å². The second kappa shape index (κ2) is 10.6. The fourth-order valence-electron chi connectivity index (χ4n) is 1.09. The average molecular weight is 340 g/mol. The van der Waals surface area contributed by atoms with Gasteiger partial charge in [0.25, 0.3) is 0 Å². The van der Waals surface area contributed by atoms with Gasteiger partial charge in [0.1, 0.15) is 0 Å². The Balaban J connectivity index is 0.000000373. The SMILES string of the molecule is CC(O)CO.O=C(O)c1cccc(C(=O)O)c1.O=C1C=CC(=O)O1. The average Bonchev–Trinajstić information content (AvgIpc) is 2.91. The van der Waals surface area contributed by atoms with Gasteiger partial charge in [0.2, 0.25) is 0 Å². The van der Waals surface area contributed by atoms with Crippen LogP contribution in [0.3, 0.4) is 0 Å². The second-order valence-corrected chi connectivity index (χ2v) is 4.30. The Morgan fingerprint density at radius 2 is 1.42 bits per heavy atom. The number of aliphatic hydroxyl groups is 2. The molecule has 1 aromatic carbocycles. The standard InChI is InChI=1S/C8H6O4.C4H2O3.C3H8O2/c9-7(10)5-2-1-3-6(4-5)8(11)12;5-3-1-2-4(6)7-3;1-3(5)2-4/h1-4H,(H,9,10)(H,11,12);1-2H;3-5H,2H2,1H3. The van der Waals surface area contributed by atoms with Gasteiger partial charge in [-0.1, -0.05) is 6.07 Å². The Bertz CT molecular complexity index is 586. The molecule has 130 valence electrons. The summed E-state index contributed by atoms with van der Waals surface area (Å²) in [5.41, 5.74) is -0.0372. The van der Waals surface area contributed by atoms with Crippen LogP contribution in [0.15, 0.2) is 36.4 Å². The van der Waals surface area contributed by atoms with E-state index in [0.717, 1.165) is 18.2 Å². The number of hydrogen-bond donors (Lipinski definition) is 4. The summed E-state index contributed by atoms with van der Waals surface area (Å²) in [6, 6.07) is 5.20. The first-order valence-corrected chi connectivity index (χ1v) is 6.46. The van der Waals surface area contributed by atoms with Gasteiger partial charge in [-0.15, -0.1) is 0 Å². The highest BCUT2D eigenvalue weighted by Gasteiger charge is 2.10. The number of aliphatic hydroxyl groups excluding tert-OH is 2. The number of ether oxygens (including phenoxy) is 1. The molecular formula is C15H16O9. The summed E-state index contributed by atoms with van der Waals surface area (Å²) in [6.07, 6.45) is 1.61. The van der Waals surface area contributed by atoms with Gasteiger partial charge in [0, 0.05) is 12.2 Å². The largest absolute Gasteiger partial charge is 0.478 e. The molecule has 0 bridgehead atoms. The van der Waals surface area contributed by atoms with E-state index in [0.29, 0.717) is 0 Å². The summed E-state index contributed by atoms with van der Waals surface area (Å²) >= 11 is 0. The molecule has 9 nitrogen and oxygen atoms in total. The van der Waals surface area contributed by atoms with Gasteiger partial charge in [0.15, 0.2) is 0 Å². The molecule has 0 amide bonds. The van der Waals surface area contributed by atoms with E-state index in [-0.39, 0.29) is 17.7 Å². The van der Waals surface area contributed by atoms with Crippen molar-refractivity contribution in [3.63, 3.8) is 0 Å². The zero-order chi connectivity index (χ0) is 18.7. The van der Waals surface area contributed by atoms with Gasteiger partial charge in [-0.25, -0.2) is 19.2 Å². The Morgan fingerprint density at radius 1 is 1.04 bits per heavy atom. The van der Waals surface area contributed by atoms with Gasteiger partial charge in [-0.05, 0) is 25.1 Å². The maximum atomic E-state index is 10.4.